The first-order chi connectivity index (χ1) is 51.8. The highest BCUT2D eigenvalue weighted by atomic mass is 16.5. The van der Waals surface area contributed by atoms with Crippen molar-refractivity contribution in [2.24, 2.45) is 61.4 Å². The van der Waals surface area contributed by atoms with Crippen molar-refractivity contribution in [3.63, 3.8) is 0 Å². The zero-order valence-corrected chi connectivity index (χ0v) is 62.3. The van der Waals surface area contributed by atoms with Gasteiger partial charge in [-0.05, 0) is 277 Å². The molecule has 0 unspecified atom stereocenters. The van der Waals surface area contributed by atoms with E-state index in [1.54, 1.807) is 36.4 Å². The largest absolute Gasteiger partial charge is 0.463 e. The lowest BCUT2D eigenvalue weighted by atomic mass is 10.1. The minimum Gasteiger partial charge on any atom is -0.463 e. The molecule has 9 rings (SSSR count). The first-order valence-corrected chi connectivity index (χ1v) is 36.6. The number of ether oxygens (including phenoxy) is 4. The molecule has 0 N–H and O–H groups in total. The van der Waals surface area contributed by atoms with Crippen molar-refractivity contribution >= 4 is 97.5 Å². The number of likely N-dealkylation sites (N-methyl/N-ethyl adjacent to an activating group) is 1. The molecule has 21 nitrogen and oxygen atoms in total. The Hall–Kier alpha value is -11.5. The molecule has 8 aromatic rings. The maximum atomic E-state index is 11.3. The Morgan fingerprint density at radius 3 is 1.20 bits per heavy atom. The lowest BCUT2D eigenvalue weighted by Crippen LogP contribution is -2.25. The van der Waals surface area contributed by atoms with Crippen molar-refractivity contribution in [2.45, 2.75) is 131 Å². The van der Waals surface area contributed by atoms with Crippen molar-refractivity contribution in [1.29, 1.82) is 0 Å². The second kappa shape index (κ2) is 47.0. The van der Waals surface area contributed by atoms with Crippen molar-refractivity contribution in [3.05, 3.63) is 236 Å². The van der Waals surface area contributed by atoms with E-state index in [9.17, 15) is 14.4 Å². The maximum absolute atomic E-state index is 11.3. The van der Waals surface area contributed by atoms with E-state index in [2.05, 4.69) is 155 Å². The summed E-state index contributed by atoms with van der Waals surface area (Å²) in [7, 11) is 0. The molecule has 0 spiro atoms. The minimum atomic E-state index is -0.528. The predicted octanol–water partition coefficient (Wildman–Crippen LogP) is 25.5. The molecule has 0 bridgehead atoms. The molecule has 0 amide bonds. The molecule has 0 saturated heterocycles. The van der Waals surface area contributed by atoms with Crippen molar-refractivity contribution in [1.82, 2.24) is 0 Å². The van der Waals surface area contributed by atoms with Crippen molar-refractivity contribution in [2.75, 3.05) is 62.4 Å². The fraction of sp³-hybridized carbons (Fsp3) is 0.329. The van der Waals surface area contributed by atoms with Gasteiger partial charge in [0.1, 0.15) is 5.75 Å². The van der Waals surface area contributed by atoms with Crippen LogP contribution in [0.2, 0.25) is 0 Å². The lowest BCUT2D eigenvalue weighted by Gasteiger charge is -2.25. The second-order valence-corrected chi connectivity index (χ2v) is 24.9. The summed E-state index contributed by atoms with van der Waals surface area (Å²) in [5, 5.41) is 52.7. The third kappa shape index (κ3) is 30.1. The summed E-state index contributed by atoms with van der Waals surface area (Å²) in [6.07, 6.45) is 18.0. The molecule has 0 radical (unpaired) electrons. The normalized spacial score (nSPS) is 11.8. The van der Waals surface area contributed by atoms with Crippen LogP contribution in [-0.2, 0) is 41.4 Å². The van der Waals surface area contributed by atoms with Gasteiger partial charge < -0.3 is 28.7 Å². The van der Waals surface area contributed by atoms with Crippen molar-refractivity contribution in [3.8, 4) is 5.75 Å². The summed E-state index contributed by atoms with van der Waals surface area (Å²) in [6, 6.07) is 55.6. The number of esters is 3. The average Bonchev–Trinajstić information content (AvgIpc) is 1.66. The topological polar surface area (TPSA) is 243 Å². The van der Waals surface area contributed by atoms with Gasteiger partial charge in [-0.1, -0.05) is 71.9 Å². The Balaban J connectivity index is 0.000000286. The summed E-state index contributed by atoms with van der Waals surface area (Å²) in [5.41, 5.74) is 15.9. The van der Waals surface area contributed by atoms with Gasteiger partial charge >= 0.3 is 17.9 Å². The molecular formula is C85H100N14O7. The Labute approximate surface area is 624 Å². The van der Waals surface area contributed by atoms with Crippen LogP contribution in [-0.4, -0.2) is 70.5 Å². The Morgan fingerprint density at radius 2 is 0.783 bits per heavy atom. The van der Waals surface area contributed by atoms with Crippen LogP contribution >= 0.6 is 0 Å². The number of benzene rings is 8. The van der Waals surface area contributed by atoms with E-state index in [1.807, 2.05) is 117 Å². The summed E-state index contributed by atoms with van der Waals surface area (Å²) >= 11 is 0. The number of carbonyl (C=O) groups excluding carboxylic acids is 3. The highest BCUT2D eigenvalue weighted by Crippen LogP contribution is 2.35. The summed E-state index contributed by atoms with van der Waals surface area (Å²) in [5.74, 6) is -0.900. The van der Waals surface area contributed by atoms with E-state index < -0.39 is 5.97 Å². The van der Waals surface area contributed by atoms with Crippen LogP contribution < -0.4 is 14.5 Å². The monoisotopic (exact) mass is 1430 g/mol. The number of fused-ring (bicyclic) bond motifs is 1. The highest BCUT2D eigenvalue weighted by Gasteiger charge is 2.18. The molecule has 0 fully saturated rings. The fourth-order valence-corrected chi connectivity index (χ4v) is 10.7. The minimum absolute atomic E-state index is 0.385. The maximum Gasteiger partial charge on any atom is 0.335 e. The highest BCUT2D eigenvalue weighted by molar-refractivity contribution is 5.83. The first kappa shape index (κ1) is 81.8. The number of azo groups is 6. The van der Waals surface area contributed by atoms with Gasteiger partial charge in [0.15, 0.2) is 0 Å². The molecule has 106 heavy (non-hydrogen) atoms. The number of unbranched alkanes of at least 4 members (excludes halogenated alkanes) is 7. The molecule has 21 heteroatoms. The molecule has 1 aliphatic rings. The standard InChI is InChI=1S/C46H51N7O6.C33H35N7.C6H14O/c1-5-44(54)57-32-14-10-8-12-30-53(31-13-9-11-15-33-58-45(55)6-2)41-25-20-38(21-26-41)49-51-40-24-29-43(35(4)34-40)52-50-37-18-16-36(17-19-37)47-48-39-22-27-42(28-23-39)59-46(56)7-3;1-4-6-7-25-8-10-27(11-9-25)34-35-28-12-14-29(15-13-28)36-39-32-18-16-30(22-24(32)3)37-38-31-17-19-33-26(23-31)20-21-40(33)5-2;1-3-5-7-6-4-2/h5-7,16-29,34H,1-3,8-15,30-33H2,4H3;8-19,22-23H,4-7,20-21H2,1-3H3;3-6H2,1-2H3. The quantitative estimate of drug-likeness (QED) is 0.0117. The van der Waals surface area contributed by atoms with Crippen LogP contribution in [0.1, 0.15) is 127 Å². The van der Waals surface area contributed by atoms with Gasteiger partial charge in [0.25, 0.3) is 0 Å². The van der Waals surface area contributed by atoms with Gasteiger partial charge in [-0.15, -0.1) is 0 Å². The third-order valence-corrected chi connectivity index (χ3v) is 16.5. The van der Waals surface area contributed by atoms with Crippen LogP contribution in [0.15, 0.2) is 275 Å². The van der Waals surface area contributed by atoms with E-state index in [0.29, 0.717) is 47.4 Å². The zero-order valence-electron chi connectivity index (χ0n) is 62.3. The Morgan fingerprint density at radius 1 is 0.406 bits per heavy atom. The SMILES string of the molecule is C=CC(=O)OCCCCCCN(CCCCCCOC(=O)C=C)c1ccc(N=Nc2ccc(N=Nc3ccc(N=Nc4ccc(OC(=O)C=C)cc4)cc3)c(C)c2)cc1.CCCCc1ccc(N=Nc2ccc(N=Nc3ccc(N=Nc4ccc5c(c4)CCN5CC)cc3C)cc2)cc1.CCCOCCC. The number of nitrogens with zero attached hydrogens (tertiary/aromatic N) is 14. The molecule has 0 atom stereocenters. The number of hydrogen-bond acceptors (Lipinski definition) is 21. The second-order valence-electron chi connectivity index (χ2n) is 24.9. The van der Waals surface area contributed by atoms with E-state index in [1.165, 1.54) is 41.8 Å². The smallest absolute Gasteiger partial charge is 0.335 e. The molecule has 8 aromatic carbocycles. The molecule has 0 saturated carbocycles. The Kier molecular flexibility index (Phi) is 36.3. The molecule has 1 heterocycles. The van der Waals surface area contributed by atoms with Crippen LogP contribution in [0, 0.1) is 13.8 Å². The number of rotatable bonds is 39. The van der Waals surface area contributed by atoms with E-state index in [0.717, 1.165) is 179 Å². The number of aryl methyl sites for hydroxylation is 3. The molecular weight excluding hydrogens is 1330 g/mol. The number of carbonyl (C=O) groups is 3. The zero-order chi connectivity index (χ0) is 75.4. The van der Waals surface area contributed by atoms with Gasteiger partial charge in [-0.2, -0.15) is 61.4 Å². The van der Waals surface area contributed by atoms with Crippen LogP contribution in [0.4, 0.5) is 79.6 Å². The van der Waals surface area contributed by atoms with Gasteiger partial charge in [-0.3, -0.25) is 0 Å². The van der Waals surface area contributed by atoms with Gasteiger partial charge in [-0.25, -0.2) is 14.4 Å². The molecule has 0 aromatic heterocycles. The fourth-order valence-electron chi connectivity index (χ4n) is 10.7. The van der Waals surface area contributed by atoms with E-state index >= 15 is 0 Å². The van der Waals surface area contributed by atoms with E-state index in [4.69, 9.17) is 18.9 Å². The molecule has 552 valence electrons. The first-order valence-electron chi connectivity index (χ1n) is 36.6. The number of anilines is 2. The average molecular weight is 1430 g/mol. The molecule has 0 aliphatic carbocycles. The third-order valence-electron chi connectivity index (χ3n) is 16.5. The summed E-state index contributed by atoms with van der Waals surface area (Å²) < 4.78 is 20.4. The summed E-state index contributed by atoms with van der Waals surface area (Å²) in [6.45, 7) is 29.4. The van der Waals surface area contributed by atoms with E-state index in [-0.39, 0.29) is 11.9 Å². The van der Waals surface area contributed by atoms with Crippen molar-refractivity contribution < 1.29 is 33.3 Å². The van der Waals surface area contributed by atoms with Gasteiger partial charge in [0, 0.05) is 69.0 Å². The van der Waals surface area contributed by atoms with Crippen LogP contribution in [0.3, 0.4) is 0 Å². The predicted molar refractivity (Wildman–Crippen MR) is 425 cm³/mol. The Bertz CT molecular complexity index is 4190. The summed E-state index contributed by atoms with van der Waals surface area (Å²) in [4.78, 5) is 38.7. The van der Waals surface area contributed by atoms with Crippen LogP contribution in [0.25, 0.3) is 0 Å². The molecule has 1 aliphatic heterocycles. The number of hydrogen-bond donors (Lipinski definition) is 0. The van der Waals surface area contributed by atoms with Crippen LogP contribution in [0.5, 0.6) is 5.75 Å². The van der Waals surface area contributed by atoms with Gasteiger partial charge in [0.2, 0.25) is 0 Å². The lowest BCUT2D eigenvalue weighted by molar-refractivity contribution is -0.138. The van der Waals surface area contributed by atoms with Gasteiger partial charge in [0.05, 0.1) is 81.5 Å².